The van der Waals surface area contributed by atoms with Gasteiger partial charge in [0.25, 0.3) is 0 Å². The lowest BCUT2D eigenvalue weighted by Crippen LogP contribution is -2.30. The molecule has 6 nitrogen and oxygen atoms in total. The van der Waals surface area contributed by atoms with E-state index in [1.807, 2.05) is 32.0 Å². The van der Waals surface area contributed by atoms with E-state index in [9.17, 15) is 9.59 Å². The molecule has 2 N–H and O–H groups in total. The molecule has 1 aromatic heterocycles. The van der Waals surface area contributed by atoms with Crippen LogP contribution in [0.15, 0.2) is 59.8 Å². The minimum Gasteiger partial charge on any atom is -0.465 e. The maximum atomic E-state index is 12.5. The van der Waals surface area contributed by atoms with E-state index < -0.39 is 0 Å². The molecule has 1 heterocycles. The molecule has 1 unspecified atom stereocenters. The number of aromatic nitrogens is 2. The number of aryl methyl sites for hydroxylation is 1. The summed E-state index contributed by atoms with van der Waals surface area (Å²) in [7, 11) is 1.35. The van der Waals surface area contributed by atoms with Crippen molar-refractivity contribution < 1.29 is 14.3 Å². The summed E-state index contributed by atoms with van der Waals surface area (Å²) in [4.78, 5) is 31.9. The Morgan fingerprint density at radius 3 is 2.47 bits per heavy atom. The molecule has 0 aliphatic rings. The van der Waals surface area contributed by atoms with E-state index in [0.29, 0.717) is 12.1 Å². The zero-order valence-electron chi connectivity index (χ0n) is 17.3. The van der Waals surface area contributed by atoms with Gasteiger partial charge in [-0.05, 0) is 37.1 Å². The number of H-pyrrole nitrogens is 1. The van der Waals surface area contributed by atoms with E-state index in [1.54, 1.807) is 24.3 Å². The molecule has 1 amide bonds. The predicted octanol–water partition coefficient (Wildman–Crippen LogP) is 3.89. The first-order valence-electron chi connectivity index (χ1n) is 9.67. The largest absolute Gasteiger partial charge is 0.465 e. The number of hydrogen-bond donors (Lipinski definition) is 2. The van der Waals surface area contributed by atoms with Crippen LogP contribution in [0.5, 0.6) is 0 Å². The van der Waals surface area contributed by atoms with Crippen LogP contribution in [0.3, 0.4) is 0 Å². The number of hydrogen-bond acceptors (Lipinski definition) is 5. The first kappa shape index (κ1) is 21.6. The van der Waals surface area contributed by atoms with Crippen LogP contribution in [0.4, 0.5) is 0 Å². The molecular formula is C23H25N3O3S. The van der Waals surface area contributed by atoms with Gasteiger partial charge in [0, 0.05) is 18.7 Å². The Bertz CT molecular complexity index is 1000. The fraction of sp³-hybridized carbons (Fsp3) is 0.261. The van der Waals surface area contributed by atoms with E-state index in [1.165, 1.54) is 24.4 Å². The highest BCUT2D eigenvalue weighted by atomic mass is 32.2. The number of methoxy groups -OCH3 is 1. The minimum atomic E-state index is -0.379. The van der Waals surface area contributed by atoms with Gasteiger partial charge in [-0.1, -0.05) is 54.2 Å². The van der Waals surface area contributed by atoms with E-state index >= 15 is 0 Å². The lowest BCUT2D eigenvalue weighted by atomic mass is 10.1. The number of esters is 1. The molecule has 0 spiro atoms. The Morgan fingerprint density at radius 2 is 1.80 bits per heavy atom. The molecule has 0 bridgehead atoms. The Labute approximate surface area is 180 Å². The zero-order chi connectivity index (χ0) is 21.5. The number of carbonyl (C=O) groups excluding carboxylic acids is 2. The molecule has 30 heavy (non-hydrogen) atoms. The maximum Gasteiger partial charge on any atom is 0.337 e. The molecule has 0 saturated heterocycles. The van der Waals surface area contributed by atoms with Crippen molar-refractivity contribution in [2.75, 3.05) is 7.11 Å². The Kier molecular flexibility index (Phi) is 7.30. The molecule has 0 saturated carbocycles. The third-order valence-electron chi connectivity index (χ3n) is 4.68. The second kappa shape index (κ2) is 10.1. The summed E-state index contributed by atoms with van der Waals surface area (Å²) in [6.07, 6.45) is 0.756. The molecule has 0 fully saturated rings. The number of imidazole rings is 1. The Hall–Kier alpha value is -3.06. The van der Waals surface area contributed by atoms with Crippen molar-refractivity contribution in [3.05, 3.63) is 82.7 Å². The average Bonchev–Trinajstić information content (AvgIpc) is 3.10. The van der Waals surface area contributed by atoms with Gasteiger partial charge in [0.1, 0.15) is 0 Å². The first-order valence-corrected chi connectivity index (χ1v) is 10.5. The van der Waals surface area contributed by atoms with Crippen molar-refractivity contribution >= 4 is 23.6 Å². The summed E-state index contributed by atoms with van der Waals surface area (Å²) in [5.41, 5.74) is 4.59. The van der Waals surface area contributed by atoms with Gasteiger partial charge >= 0.3 is 5.97 Å². The third kappa shape index (κ3) is 5.73. The number of rotatable bonds is 8. The van der Waals surface area contributed by atoms with Crippen LogP contribution in [0.25, 0.3) is 0 Å². The van der Waals surface area contributed by atoms with Crippen LogP contribution in [0.2, 0.25) is 0 Å². The van der Waals surface area contributed by atoms with E-state index in [2.05, 4.69) is 32.2 Å². The molecule has 156 valence electrons. The number of carbonyl (C=O) groups is 2. The smallest absolute Gasteiger partial charge is 0.337 e. The van der Waals surface area contributed by atoms with E-state index in [-0.39, 0.29) is 17.1 Å². The van der Waals surface area contributed by atoms with Gasteiger partial charge in [-0.3, -0.25) is 4.79 Å². The van der Waals surface area contributed by atoms with Crippen molar-refractivity contribution in [3.8, 4) is 0 Å². The highest BCUT2D eigenvalue weighted by molar-refractivity contribution is 8.00. The van der Waals surface area contributed by atoms with Crippen molar-refractivity contribution in [2.45, 2.75) is 37.2 Å². The van der Waals surface area contributed by atoms with Crippen LogP contribution < -0.4 is 5.32 Å². The molecule has 0 radical (unpaired) electrons. The quantitative estimate of drug-likeness (QED) is 0.424. The van der Waals surface area contributed by atoms with Crippen molar-refractivity contribution in [1.82, 2.24) is 15.3 Å². The van der Waals surface area contributed by atoms with Gasteiger partial charge in [0.15, 0.2) is 5.16 Å². The summed E-state index contributed by atoms with van der Waals surface area (Å²) in [5.74, 6) is -0.452. The van der Waals surface area contributed by atoms with Gasteiger partial charge < -0.3 is 15.0 Å². The normalized spacial score (nSPS) is 11.7. The fourth-order valence-corrected chi connectivity index (χ4v) is 3.81. The fourth-order valence-electron chi connectivity index (χ4n) is 2.91. The SMILES string of the molecule is COC(=O)c1ccc(CNC(=O)C(C)Sc2nc(Cc3ccccc3)c(C)[nH]2)cc1. The monoisotopic (exact) mass is 423 g/mol. The standard InChI is InChI=1S/C23H25N3O3S/c1-15-20(13-17-7-5-4-6-8-17)26-23(25-15)30-16(2)21(27)24-14-18-9-11-19(12-10-18)22(28)29-3/h4-12,16H,13-14H2,1-3H3,(H,24,27)(H,25,26). The molecule has 1 atom stereocenters. The molecule has 7 heteroatoms. The minimum absolute atomic E-state index is 0.0734. The molecule has 0 aliphatic heterocycles. The van der Waals surface area contributed by atoms with Crippen LogP contribution in [-0.4, -0.2) is 34.2 Å². The Morgan fingerprint density at radius 1 is 1.10 bits per heavy atom. The number of nitrogens with one attached hydrogen (secondary N) is 2. The number of ether oxygens (including phenoxy) is 1. The summed E-state index contributed by atoms with van der Waals surface area (Å²) in [6.45, 7) is 4.24. The van der Waals surface area contributed by atoms with Crippen molar-refractivity contribution in [1.29, 1.82) is 0 Å². The number of nitrogens with zero attached hydrogens (tertiary/aromatic N) is 1. The molecule has 3 rings (SSSR count). The second-order valence-electron chi connectivity index (χ2n) is 6.94. The average molecular weight is 424 g/mol. The van der Waals surface area contributed by atoms with Gasteiger partial charge in [0.2, 0.25) is 5.91 Å². The first-order chi connectivity index (χ1) is 14.5. The maximum absolute atomic E-state index is 12.5. The highest BCUT2D eigenvalue weighted by Gasteiger charge is 2.17. The zero-order valence-corrected chi connectivity index (χ0v) is 18.1. The Balaban J connectivity index is 1.53. The van der Waals surface area contributed by atoms with Crippen LogP contribution >= 0.6 is 11.8 Å². The van der Waals surface area contributed by atoms with Gasteiger partial charge in [-0.15, -0.1) is 0 Å². The van der Waals surface area contributed by atoms with E-state index in [0.717, 1.165) is 28.5 Å². The predicted molar refractivity (Wildman–Crippen MR) is 118 cm³/mol. The number of aromatic amines is 1. The lowest BCUT2D eigenvalue weighted by molar-refractivity contribution is -0.120. The van der Waals surface area contributed by atoms with Crippen LogP contribution in [-0.2, 0) is 22.5 Å². The number of amides is 1. The topological polar surface area (TPSA) is 84.1 Å². The van der Waals surface area contributed by atoms with Gasteiger partial charge in [0.05, 0.1) is 23.6 Å². The van der Waals surface area contributed by atoms with Crippen molar-refractivity contribution in [3.63, 3.8) is 0 Å². The second-order valence-corrected chi connectivity index (χ2v) is 8.27. The van der Waals surface area contributed by atoms with Gasteiger partial charge in [-0.2, -0.15) is 0 Å². The summed E-state index contributed by atoms with van der Waals surface area (Å²) < 4.78 is 4.69. The molecule has 3 aromatic rings. The molecular weight excluding hydrogens is 398 g/mol. The number of benzene rings is 2. The van der Waals surface area contributed by atoms with Crippen LogP contribution in [0, 0.1) is 6.92 Å². The van der Waals surface area contributed by atoms with Crippen molar-refractivity contribution in [2.24, 2.45) is 0 Å². The van der Waals surface area contributed by atoms with E-state index in [4.69, 9.17) is 0 Å². The third-order valence-corrected chi connectivity index (χ3v) is 5.66. The number of thioether (sulfide) groups is 1. The summed E-state index contributed by atoms with van der Waals surface area (Å²) in [6, 6.07) is 17.2. The summed E-state index contributed by atoms with van der Waals surface area (Å²) >= 11 is 1.40. The highest BCUT2D eigenvalue weighted by Crippen LogP contribution is 2.23. The molecule has 0 aliphatic carbocycles. The van der Waals surface area contributed by atoms with Crippen LogP contribution in [0.1, 0.15) is 39.8 Å². The van der Waals surface area contributed by atoms with Gasteiger partial charge in [-0.25, -0.2) is 9.78 Å². The lowest BCUT2D eigenvalue weighted by Gasteiger charge is -2.11. The molecule has 2 aromatic carbocycles. The summed E-state index contributed by atoms with van der Waals surface area (Å²) in [5, 5.41) is 3.37.